The molecule has 2 heterocycles. The van der Waals surface area contributed by atoms with Crippen LogP contribution in [0.4, 0.5) is 0 Å². The molecule has 0 aliphatic carbocycles. The van der Waals surface area contributed by atoms with Gasteiger partial charge in [0.2, 0.25) is 11.8 Å². The number of amides is 2. The number of rotatable bonds is 2. The molecule has 2 amide bonds. The lowest BCUT2D eigenvalue weighted by atomic mass is 10.1. The number of carbonyl (C=O) groups excluding carboxylic acids is 2. The number of imidazole rings is 1. The second-order valence-electron chi connectivity index (χ2n) is 5.10. The van der Waals surface area contributed by atoms with E-state index in [0.717, 1.165) is 11.1 Å². The zero-order chi connectivity index (χ0) is 15.1. The maximum absolute atomic E-state index is 12.5. The number of aromatic nitrogens is 2. The number of aryl methyl sites for hydroxylation is 1. The Balaban J connectivity index is 2.24. The minimum atomic E-state index is -0.663. The Bertz CT molecular complexity index is 806. The van der Waals surface area contributed by atoms with Gasteiger partial charge in [0.1, 0.15) is 6.04 Å². The third-order valence-corrected chi connectivity index (χ3v) is 4.14. The van der Waals surface area contributed by atoms with Crippen LogP contribution in [0.2, 0.25) is 0 Å². The largest absolute Gasteiger partial charge is 0.329 e. The van der Waals surface area contributed by atoms with Crippen molar-refractivity contribution in [2.45, 2.75) is 24.8 Å². The lowest BCUT2D eigenvalue weighted by Gasteiger charge is -2.21. The quantitative estimate of drug-likeness (QED) is 0.666. The standard InChI is InChI=1S/C14H14ClN3O3/c1-17-12-8(7-15)3-2-4-9(12)18(14(17)21)10-5-6-11(19)16-13(10)20/h2-4,10H,5-7H2,1H3,(H,16,19,20). The van der Waals surface area contributed by atoms with Crippen molar-refractivity contribution in [3.8, 4) is 0 Å². The molecule has 1 aliphatic heterocycles. The molecular weight excluding hydrogens is 294 g/mol. The summed E-state index contributed by atoms with van der Waals surface area (Å²) in [5, 5.41) is 2.28. The molecule has 0 bridgehead atoms. The summed E-state index contributed by atoms with van der Waals surface area (Å²) in [7, 11) is 1.66. The molecule has 0 saturated carbocycles. The highest BCUT2D eigenvalue weighted by molar-refractivity contribution is 6.17. The van der Waals surface area contributed by atoms with Gasteiger partial charge in [-0.05, 0) is 18.1 Å². The van der Waals surface area contributed by atoms with Gasteiger partial charge in [0.25, 0.3) is 0 Å². The molecule has 110 valence electrons. The fourth-order valence-corrected chi connectivity index (χ4v) is 3.07. The Morgan fingerprint density at radius 3 is 2.76 bits per heavy atom. The van der Waals surface area contributed by atoms with Crippen LogP contribution in [0.15, 0.2) is 23.0 Å². The van der Waals surface area contributed by atoms with Crippen molar-refractivity contribution in [2.75, 3.05) is 0 Å². The maximum Gasteiger partial charge on any atom is 0.329 e. The Morgan fingerprint density at radius 2 is 2.10 bits per heavy atom. The van der Waals surface area contributed by atoms with Crippen molar-refractivity contribution in [2.24, 2.45) is 7.05 Å². The van der Waals surface area contributed by atoms with E-state index in [0.29, 0.717) is 11.9 Å². The van der Waals surface area contributed by atoms with E-state index in [1.54, 1.807) is 13.1 Å². The van der Waals surface area contributed by atoms with Gasteiger partial charge < -0.3 is 0 Å². The first-order valence-electron chi connectivity index (χ1n) is 6.63. The van der Waals surface area contributed by atoms with Crippen LogP contribution in [-0.2, 0) is 22.5 Å². The Hall–Kier alpha value is -2.08. The number of benzene rings is 1. The predicted molar refractivity (Wildman–Crippen MR) is 78.2 cm³/mol. The average molecular weight is 308 g/mol. The molecule has 1 N–H and O–H groups in total. The SMILES string of the molecule is Cn1c(=O)n(C2CCC(=O)NC2=O)c2cccc(CCl)c21. The minimum Gasteiger partial charge on any atom is -0.295 e. The molecule has 1 aliphatic rings. The van der Waals surface area contributed by atoms with Gasteiger partial charge in [0.05, 0.1) is 11.0 Å². The van der Waals surface area contributed by atoms with Crippen LogP contribution in [-0.4, -0.2) is 20.9 Å². The number of nitrogens with zero attached hydrogens (tertiary/aromatic N) is 2. The fraction of sp³-hybridized carbons (Fsp3) is 0.357. The van der Waals surface area contributed by atoms with Crippen LogP contribution in [0.1, 0.15) is 24.4 Å². The predicted octanol–water partition coefficient (Wildman–Crippen LogP) is 1.06. The van der Waals surface area contributed by atoms with Crippen LogP contribution in [0, 0.1) is 0 Å². The van der Waals surface area contributed by atoms with Gasteiger partial charge in [-0.3, -0.25) is 24.0 Å². The van der Waals surface area contributed by atoms with Crippen LogP contribution in [0.25, 0.3) is 11.0 Å². The van der Waals surface area contributed by atoms with Crippen molar-refractivity contribution in [3.05, 3.63) is 34.2 Å². The summed E-state index contributed by atoms with van der Waals surface area (Å²) in [6, 6.07) is 4.78. The molecule has 1 aromatic carbocycles. The second kappa shape index (κ2) is 5.04. The highest BCUT2D eigenvalue weighted by atomic mass is 35.5. The molecule has 0 radical (unpaired) electrons. The molecule has 1 aromatic heterocycles. The Morgan fingerprint density at radius 1 is 1.33 bits per heavy atom. The molecule has 6 nitrogen and oxygen atoms in total. The number of carbonyl (C=O) groups is 2. The first-order valence-corrected chi connectivity index (χ1v) is 7.16. The zero-order valence-corrected chi connectivity index (χ0v) is 12.2. The molecule has 3 rings (SSSR count). The number of hydrogen-bond acceptors (Lipinski definition) is 3. The first kappa shape index (κ1) is 13.9. The normalized spacial score (nSPS) is 19.0. The number of nitrogens with one attached hydrogen (secondary N) is 1. The molecule has 1 fully saturated rings. The van der Waals surface area contributed by atoms with E-state index in [-0.39, 0.29) is 23.9 Å². The van der Waals surface area contributed by atoms with Crippen molar-refractivity contribution < 1.29 is 9.59 Å². The third-order valence-electron chi connectivity index (χ3n) is 3.85. The van der Waals surface area contributed by atoms with Crippen LogP contribution in [0.5, 0.6) is 0 Å². The summed E-state index contributed by atoms with van der Waals surface area (Å²) in [4.78, 5) is 35.8. The number of halogens is 1. The Kier molecular flexibility index (Phi) is 3.33. The lowest BCUT2D eigenvalue weighted by molar-refractivity contribution is -0.135. The first-order chi connectivity index (χ1) is 10.0. The molecular formula is C14H14ClN3O3. The Labute approximate surface area is 125 Å². The van der Waals surface area contributed by atoms with Crippen LogP contribution < -0.4 is 11.0 Å². The number of fused-ring (bicyclic) bond motifs is 1. The molecule has 1 unspecified atom stereocenters. The summed E-state index contributed by atoms with van der Waals surface area (Å²) in [5.41, 5.74) is 1.94. The summed E-state index contributed by atoms with van der Waals surface area (Å²) in [6.45, 7) is 0. The van der Waals surface area contributed by atoms with Crippen LogP contribution >= 0.6 is 11.6 Å². The highest BCUT2D eigenvalue weighted by Gasteiger charge is 2.31. The number of hydrogen-bond donors (Lipinski definition) is 1. The summed E-state index contributed by atoms with van der Waals surface area (Å²) in [5.74, 6) is -0.452. The van der Waals surface area contributed by atoms with Gasteiger partial charge in [-0.25, -0.2) is 4.79 Å². The van der Waals surface area contributed by atoms with E-state index < -0.39 is 11.9 Å². The van der Waals surface area contributed by atoms with Gasteiger partial charge >= 0.3 is 5.69 Å². The van der Waals surface area contributed by atoms with Crippen molar-refractivity contribution >= 4 is 34.4 Å². The molecule has 1 atom stereocenters. The maximum atomic E-state index is 12.5. The van der Waals surface area contributed by atoms with E-state index in [2.05, 4.69) is 5.32 Å². The summed E-state index contributed by atoms with van der Waals surface area (Å²) >= 11 is 5.92. The lowest BCUT2D eigenvalue weighted by Crippen LogP contribution is -2.44. The van der Waals surface area contributed by atoms with E-state index in [1.807, 2.05) is 12.1 Å². The molecule has 2 aromatic rings. The number of alkyl halides is 1. The fourth-order valence-electron chi connectivity index (χ4n) is 2.86. The number of para-hydroxylation sites is 1. The van der Waals surface area contributed by atoms with Gasteiger partial charge in [0.15, 0.2) is 0 Å². The minimum absolute atomic E-state index is 0.231. The van der Waals surface area contributed by atoms with Gasteiger partial charge in [-0.2, -0.15) is 0 Å². The monoisotopic (exact) mass is 307 g/mol. The van der Waals surface area contributed by atoms with E-state index >= 15 is 0 Å². The van der Waals surface area contributed by atoms with Crippen LogP contribution in [0.3, 0.4) is 0 Å². The summed E-state index contributed by atoms with van der Waals surface area (Å²) < 4.78 is 2.95. The van der Waals surface area contributed by atoms with Crippen molar-refractivity contribution in [3.63, 3.8) is 0 Å². The number of imide groups is 1. The summed E-state index contributed by atoms with van der Waals surface area (Å²) in [6.07, 6.45) is 0.559. The van der Waals surface area contributed by atoms with Crippen molar-refractivity contribution in [1.29, 1.82) is 0 Å². The number of piperidine rings is 1. The smallest absolute Gasteiger partial charge is 0.295 e. The second-order valence-corrected chi connectivity index (χ2v) is 5.36. The molecule has 1 saturated heterocycles. The van der Waals surface area contributed by atoms with Gasteiger partial charge in [0, 0.05) is 19.3 Å². The zero-order valence-electron chi connectivity index (χ0n) is 11.4. The molecule has 7 heteroatoms. The van der Waals surface area contributed by atoms with E-state index in [1.165, 1.54) is 9.13 Å². The van der Waals surface area contributed by atoms with Crippen molar-refractivity contribution in [1.82, 2.24) is 14.5 Å². The van der Waals surface area contributed by atoms with Gasteiger partial charge in [-0.15, -0.1) is 11.6 Å². The highest BCUT2D eigenvalue weighted by Crippen LogP contribution is 2.25. The van der Waals surface area contributed by atoms with E-state index in [9.17, 15) is 14.4 Å². The third kappa shape index (κ3) is 2.06. The van der Waals surface area contributed by atoms with E-state index in [4.69, 9.17) is 11.6 Å². The average Bonchev–Trinajstić information content (AvgIpc) is 2.72. The topological polar surface area (TPSA) is 73.1 Å². The van der Waals surface area contributed by atoms with Gasteiger partial charge in [-0.1, -0.05) is 12.1 Å². The molecule has 0 spiro atoms. The molecule has 21 heavy (non-hydrogen) atoms.